The highest BCUT2D eigenvalue weighted by Crippen LogP contribution is 2.39. The summed E-state index contributed by atoms with van der Waals surface area (Å²) in [4.78, 5) is 13.9. The number of benzene rings is 3. The van der Waals surface area contributed by atoms with Crippen LogP contribution < -0.4 is 10.2 Å². The van der Waals surface area contributed by atoms with Crippen molar-refractivity contribution in [3.8, 4) is 5.75 Å². The monoisotopic (exact) mass is 533 g/mol. The molecule has 0 radical (unpaired) electrons. The van der Waals surface area contributed by atoms with Gasteiger partial charge in [0.2, 0.25) is 5.43 Å². The molecule has 0 aliphatic heterocycles. The summed E-state index contributed by atoms with van der Waals surface area (Å²) in [7, 11) is 1.63. The van der Waals surface area contributed by atoms with Gasteiger partial charge in [-0.2, -0.15) is 0 Å². The standard InChI is InChI=1S/C30H32BrNO3/c1-3-4-5-6-7-8-9-12-17-32-24-14-11-10-13-21(24)22-19-26(34-2)30-27(28(22)32)29(33)23-18-20(31)15-16-25(23)35-30/h10-11,13-16,18-19H,3-9,12,17H2,1-2H3. The number of aromatic nitrogens is 1. The summed E-state index contributed by atoms with van der Waals surface area (Å²) in [6.45, 7) is 3.13. The molecule has 5 rings (SSSR count). The van der Waals surface area contributed by atoms with Crippen molar-refractivity contribution in [2.75, 3.05) is 7.11 Å². The number of unbranched alkanes of at least 4 members (excludes halogenated alkanes) is 7. The molecule has 0 fully saturated rings. The quantitative estimate of drug-likeness (QED) is 0.133. The van der Waals surface area contributed by atoms with Gasteiger partial charge in [-0.25, -0.2) is 0 Å². The van der Waals surface area contributed by atoms with Crippen molar-refractivity contribution in [2.45, 2.75) is 64.8 Å². The lowest BCUT2D eigenvalue weighted by Gasteiger charge is -2.12. The lowest BCUT2D eigenvalue weighted by atomic mass is 10.1. The molecule has 2 heterocycles. The highest BCUT2D eigenvalue weighted by Gasteiger charge is 2.21. The third-order valence-electron chi connectivity index (χ3n) is 7.05. The fourth-order valence-electron chi connectivity index (χ4n) is 5.29. The predicted octanol–water partition coefficient (Wildman–Crippen LogP) is 8.97. The molecular weight excluding hydrogens is 502 g/mol. The first-order chi connectivity index (χ1) is 17.1. The van der Waals surface area contributed by atoms with Gasteiger partial charge in [-0.15, -0.1) is 0 Å². The Morgan fingerprint density at radius 1 is 0.886 bits per heavy atom. The number of hydrogen-bond donors (Lipinski definition) is 0. The Labute approximate surface area is 214 Å². The van der Waals surface area contributed by atoms with E-state index in [1.54, 1.807) is 7.11 Å². The Morgan fingerprint density at radius 3 is 2.40 bits per heavy atom. The second-order valence-electron chi connectivity index (χ2n) is 9.39. The maximum atomic E-state index is 13.9. The summed E-state index contributed by atoms with van der Waals surface area (Å²) in [5, 5.41) is 3.34. The maximum absolute atomic E-state index is 13.9. The number of fused-ring (bicyclic) bond motifs is 6. The summed E-state index contributed by atoms with van der Waals surface area (Å²) < 4.78 is 15.2. The molecule has 0 aliphatic rings. The molecule has 0 spiro atoms. The molecule has 0 saturated carbocycles. The van der Waals surface area contributed by atoms with E-state index in [1.807, 2.05) is 24.3 Å². The van der Waals surface area contributed by atoms with Crippen LogP contribution in [-0.4, -0.2) is 11.7 Å². The molecule has 0 bridgehead atoms. The smallest absolute Gasteiger partial charge is 0.202 e. The van der Waals surface area contributed by atoms with Gasteiger partial charge in [0, 0.05) is 27.3 Å². The van der Waals surface area contributed by atoms with Crippen LogP contribution in [0.15, 0.2) is 62.2 Å². The zero-order valence-electron chi connectivity index (χ0n) is 20.5. The second-order valence-corrected chi connectivity index (χ2v) is 10.3. The van der Waals surface area contributed by atoms with Gasteiger partial charge in [0.1, 0.15) is 5.58 Å². The van der Waals surface area contributed by atoms with Gasteiger partial charge >= 0.3 is 0 Å². The van der Waals surface area contributed by atoms with Crippen LogP contribution in [0.4, 0.5) is 0 Å². The lowest BCUT2D eigenvalue weighted by Crippen LogP contribution is -2.07. The summed E-state index contributed by atoms with van der Waals surface area (Å²) in [5.74, 6) is 0.587. The fourth-order valence-corrected chi connectivity index (χ4v) is 5.65. The van der Waals surface area contributed by atoms with Crippen molar-refractivity contribution in [2.24, 2.45) is 0 Å². The van der Waals surface area contributed by atoms with Crippen molar-refractivity contribution in [3.63, 3.8) is 0 Å². The number of halogens is 1. The molecule has 182 valence electrons. The lowest BCUT2D eigenvalue weighted by molar-refractivity contribution is 0.412. The SMILES string of the molecule is CCCCCCCCCCn1c2ccccc2c2cc(OC)c3oc4ccc(Br)cc4c(=O)c3c21. The topological polar surface area (TPSA) is 44.4 Å². The van der Waals surface area contributed by atoms with Crippen LogP contribution in [0.5, 0.6) is 5.75 Å². The number of rotatable bonds is 10. The molecule has 0 amide bonds. The van der Waals surface area contributed by atoms with E-state index in [2.05, 4.69) is 51.7 Å². The first-order valence-electron chi connectivity index (χ1n) is 12.8. The zero-order valence-corrected chi connectivity index (χ0v) is 22.1. The Kier molecular flexibility index (Phi) is 7.14. The van der Waals surface area contributed by atoms with Crippen LogP contribution in [0.25, 0.3) is 43.7 Å². The molecule has 5 aromatic rings. The van der Waals surface area contributed by atoms with Crippen LogP contribution in [0, 0.1) is 0 Å². The first kappa shape index (κ1) is 23.9. The number of nitrogens with zero attached hydrogens (tertiary/aromatic N) is 1. The maximum Gasteiger partial charge on any atom is 0.202 e. The molecule has 3 aromatic carbocycles. The summed E-state index contributed by atoms with van der Waals surface area (Å²) in [5.41, 5.74) is 3.15. The van der Waals surface area contributed by atoms with E-state index < -0.39 is 0 Å². The average Bonchev–Trinajstić information content (AvgIpc) is 3.18. The van der Waals surface area contributed by atoms with E-state index >= 15 is 0 Å². The number of methoxy groups -OCH3 is 1. The molecule has 35 heavy (non-hydrogen) atoms. The molecule has 5 heteroatoms. The van der Waals surface area contributed by atoms with Gasteiger partial charge in [-0.05, 0) is 36.8 Å². The second kappa shape index (κ2) is 10.4. The molecule has 0 atom stereocenters. The molecule has 2 aromatic heterocycles. The number of aryl methyl sites for hydroxylation is 1. The molecular formula is C30H32BrNO3. The van der Waals surface area contributed by atoms with Crippen molar-refractivity contribution in [1.82, 2.24) is 4.57 Å². The van der Waals surface area contributed by atoms with Crippen LogP contribution in [0.2, 0.25) is 0 Å². The van der Waals surface area contributed by atoms with Gasteiger partial charge in [-0.3, -0.25) is 4.79 Å². The van der Waals surface area contributed by atoms with Gasteiger partial charge in [-0.1, -0.05) is 86.0 Å². The first-order valence-corrected chi connectivity index (χ1v) is 13.6. The molecule has 0 aliphatic carbocycles. The molecule has 0 unspecified atom stereocenters. The van der Waals surface area contributed by atoms with E-state index in [4.69, 9.17) is 9.15 Å². The van der Waals surface area contributed by atoms with E-state index in [1.165, 1.54) is 44.9 Å². The van der Waals surface area contributed by atoms with Crippen molar-refractivity contribution in [3.05, 3.63) is 63.2 Å². The summed E-state index contributed by atoms with van der Waals surface area (Å²) in [6.07, 6.45) is 10.1. The Balaban J connectivity index is 1.64. The van der Waals surface area contributed by atoms with Gasteiger partial charge in [0.25, 0.3) is 0 Å². The predicted molar refractivity (Wildman–Crippen MR) is 150 cm³/mol. The van der Waals surface area contributed by atoms with Gasteiger partial charge in [0.05, 0.1) is 23.4 Å². The highest BCUT2D eigenvalue weighted by atomic mass is 79.9. The van der Waals surface area contributed by atoms with E-state index in [0.717, 1.165) is 39.2 Å². The highest BCUT2D eigenvalue weighted by molar-refractivity contribution is 9.10. The fraction of sp³-hybridized carbons (Fsp3) is 0.367. The van der Waals surface area contributed by atoms with Gasteiger partial charge in [0.15, 0.2) is 11.3 Å². The molecule has 4 nitrogen and oxygen atoms in total. The molecule has 0 N–H and O–H groups in total. The van der Waals surface area contributed by atoms with Crippen LogP contribution >= 0.6 is 15.9 Å². The third kappa shape index (κ3) is 4.47. The largest absolute Gasteiger partial charge is 0.493 e. The van der Waals surface area contributed by atoms with Gasteiger partial charge < -0.3 is 13.7 Å². The van der Waals surface area contributed by atoms with Crippen LogP contribution in [0.3, 0.4) is 0 Å². The van der Waals surface area contributed by atoms with E-state index in [-0.39, 0.29) is 5.43 Å². The Morgan fingerprint density at radius 2 is 1.63 bits per heavy atom. The minimum atomic E-state index is -0.0218. The summed E-state index contributed by atoms with van der Waals surface area (Å²) >= 11 is 3.51. The van der Waals surface area contributed by atoms with Crippen molar-refractivity contribution < 1.29 is 9.15 Å². The van der Waals surface area contributed by atoms with E-state index in [9.17, 15) is 4.79 Å². The zero-order chi connectivity index (χ0) is 24.4. The Hall–Kier alpha value is -2.79. The van der Waals surface area contributed by atoms with E-state index in [0.29, 0.717) is 27.7 Å². The van der Waals surface area contributed by atoms with Crippen molar-refractivity contribution in [1.29, 1.82) is 0 Å². The third-order valence-corrected chi connectivity index (χ3v) is 7.55. The number of hydrogen-bond acceptors (Lipinski definition) is 3. The number of ether oxygens (including phenoxy) is 1. The van der Waals surface area contributed by atoms with Crippen LogP contribution in [0.1, 0.15) is 58.3 Å². The molecule has 0 saturated heterocycles. The number of para-hydroxylation sites is 1. The minimum Gasteiger partial charge on any atom is -0.493 e. The van der Waals surface area contributed by atoms with Crippen LogP contribution in [-0.2, 0) is 6.54 Å². The normalized spacial score (nSPS) is 11.9. The van der Waals surface area contributed by atoms with Crippen molar-refractivity contribution >= 4 is 59.7 Å². The summed E-state index contributed by atoms with van der Waals surface area (Å²) in [6, 6.07) is 16.0. The average molecular weight is 534 g/mol. The Bertz CT molecular complexity index is 1560. The minimum absolute atomic E-state index is 0.0218.